The van der Waals surface area contributed by atoms with Crippen LogP contribution in [0.15, 0.2) is 48.5 Å². The fraction of sp³-hybridized carbons (Fsp3) is 0.250. The molecular weight excluding hydrogens is 332 g/mol. The van der Waals surface area contributed by atoms with Gasteiger partial charge in [-0.25, -0.2) is 0 Å². The highest BCUT2D eigenvalue weighted by atomic mass is 16.4. The summed E-state index contributed by atoms with van der Waals surface area (Å²) in [6, 6.07) is 13.7. The molecule has 0 aliphatic carbocycles. The number of carbonyl (C=O) groups is 3. The van der Waals surface area contributed by atoms with Crippen molar-refractivity contribution in [2.45, 2.75) is 20.8 Å². The summed E-state index contributed by atoms with van der Waals surface area (Å²) in [5, 5.41) is 14.5. The number of carboxylic acid groups (broad SMARTS) is 1. The Morgan fingerprint density at radius 3 is 2.23 bits per heavy atom. The van der Waals surface area contributed by atoms with E-state index in [9.17, 15) is 14.4 Å². The van der Waals surface area contributed by atoms with Crippen LogP contribution < -0.4 is 10.6 Å². The zero-order valence-corrected chi connectivity index (χ0v) is 15.0. The van der Waals surface area contributed by atoms with Crippen LogP contribution in [0.4, 0.5) is 5.69 Å². The Balaban J connectivity index is 2.12. The zero-order chi connectivity index (χ0) is 19.3. The minimum absolute atomic E-state index is 0.000745. The summed E-state index contributed by atoms with van der Waals surface area (Å²) >= 11 is 0. The van der Waals surface area contributed by atoms with Gasteiger partial charge in [-0.15, -0.1) is 0 Å². The summed E-state index contributed by atoms with van der Waals surface area (Å²) in [5.41, 5.74) is 1.15. The van der Waals surface area contributed by atoms with Crippen molar-refractivity contribution >= 4 is 23.5 Å². The largest absolute Gasteiger partial charge is 0.481 e. The first-order valence-electron chi connectivity index (χ1n) is 8.19. The van der Waals surface area contributed by atoms with Crippen LogP contribution in [0.3, 0.4) is 0 Å². The molecule has 0 spiro atoms. The van der Waals surface area contributed by atoms with Crippen molar-refractivity contribution in [1.82, 2.24) is 5.32 Å². The molecule has 26 heavy (non-hydrogen) atoms. The number of aliphatic carboxylic acids is 1. The minimum atomic E-state index is -1.06. The monoisotopic (exact) mass is 354 g/mol. The molecule has 0 aliphatic heterocycles. The molecule has 0 heterocycles. The van der Waals surface area contributed by atoms with Crippen molar-refractivity contribution in [2.75, 3.05) is 11.9 Å². The zero-order valence-electron chi connectivity index (χ0n) is 15.0. The quantitative estimate of drug-likeness (QED) is 0.743. The van der Waals surface area contributed by atoms with Crippen molar-refractivity contribution < 1.29 is 19.5 Å². The number of hydrogen-bond acceptors (Lipinski definition) is 3. The number of anilines is 1. The van der Waals surface area contributed by atoms with E-state index in [1.165, 1.54) is 13.8 Å². The number of benzene rings is 2. The third kappa shape index (κ3) is 4.69. The van der Waals surface area contributed by atoms with Gasteiger partial charge < -0.3 is 15.7 Å². The molecule has 0 radical (unpaired) electrons. The molecule has 0 unspecified atom stereocenters. The van der Waals surface area contributed by atoms with Crippen LogP contribution in [0.5, 0.6) is 0 Å². The van der Waals surface area contributed by atoms with E-state index in [0.717, 1.165) is 5.56 Å². The van der Waals surface area contributed by atoms with Crippen LogP contribution in [-0.2, 0) is 4.79 Å². The molecular formula is C20H22N2O4. The second kappa shape index (κ2) is 7.82. The molecule has 0 aliphatic rings. The summed E-state index contributed by atoms with van der Waals surface area (Å²) in [7, 11) is 0. The molecule has 0 atom stereocenters. The van der Waals surface area contributed by atoms with Gasteiger partial charge in [0.25, 0.3) is 11.8 Å². The first-order chi connectivity index (χ1) is 12.2. The van der Waals surface area contributed by atoms with Crippen LogP contribution in [0.1, 0.15) is 40.1 Å². The van der Waals surface area contributed by atoms with Gasteiger partial charge in [0.1, 0.15) is 0 Å². The van der Waals surface area contributed by atoms with E-state index in [1.54, 1.807) is 42.5 Å². The van der Waals surface area contributed by atoms with Crippen LogP contribution >= 0.6 is 0 Å². The molecule has 0 aromatic heterocycles. The van der Waals surface area contributed by atoms with E-state index in [0.29, 0.717) is 16.8 Å². The standard InChI is InChI=1S/C20H22N2O4/c1-13-9-10-15(17(23)21-12-20(2,3)19(25)26)11-16(13)22-18(24)14-7-5-4-6-8-14/h4-11H,12H2,1-3H3,(H,21,23)(H,22,24)(H,25,26). The molecule has 2 aromatic rings. The second-order valence-electron chi connectivity index (χ2n) is 6.72. The number of hydrogen-bond donors (Lipinski definition) is 3. The molecule has 2 rings (SSSR count). The van der Waals surface area contributed by atoms with Gasteiger partial charge in [0, 0.05) is 23.4 Å². The smallest absolute Gasteiger partial charge is 0.310 e. The highest BCUT2D eigenvalue weighted by molar-refractivity contribution is 6.05. The lowest BCUT2D eigenvalue weighted by Gasteiger charge is -2.19. The Morgan fingerprint density at radius 1 is 0.962 bits per heavy atom. The number of carbonyl (C=O) groups excluding carboxylic acids is 2. The molecule has 0 fully saturated rings. The summed E-state index contributed by atoms with van der Waals surface area (Å²) < 4.78 is 0. The highest BCUT2D eigenvalue weighted by Gasteiger charge is 2.27. The maximum absolute atomic E-state index is 12.3. The molecule has 6 heteroatoms. The van der Waals surface area contributed by atoms with Gasteiger partial charge in [0.2, 0.25) is 0 Å². The third-order valence-corrected chi connectivity index (χ3v) is 4.05. The van der Waals surface area contributed by atoms with E-state index in [1.807, 2.05) is 13.0 Å². The van der Waals surface area contributed by atoms with Crippen molar-refractivity contribution in [3.63, 3.8) is 0 Å². The first-order valence-corrected chi connectivity index (χ1v) is 8.19. The van der Waals surface area contributed by atoms with E-state index in [4.69, 9.17) is 5.11 Å². The SMILES string of the molecule is Cc1ccc(C(=O)NCC(C)(C)C(=O)O)cc1NC(=O)c1ccccc1. The molecule has 0 saturated heterocycles. The molecule has 0 bridgehead atoms. The Bertz CT molecular complexity index is 829. The van der Waals surface area contributed by atoms with E-state index < -0.39 is 17.3 Å². The number of carboxylic acids is 1. The second-order valence-corrected chi connectivity index (χ2v) is 6.72. The average molecular weight is 354 g/mol. The molecule has 3 N–H and O–H groups in total. The van der Waals surface area contributed by atoms with Crippen molar-refractivity contribution in [2.24, 2.45) is 5.41 Å². The first kappa shape index (κ1) is 19.2. The van der Waals surface area contributed by atoms with E-state index in [-0.39, 0.29) is 12.5 Å². The Morgan fingerprint density at radius 2 is 1.62 bits per heavy atom. The normalized spacial score (nSPS) is 10.9. The van der Waals surface area contributed by atoms with Crippen molar-refractivity contribution in [3.05, 3.63) is 65.2 Å². The molecule has 2 amide bonds. The maximum atomic E-state index is 12.3. The van der Waals surface area contributed by atoms with Gasteiger partial charge in [0.05, 0.1) is 5.41 Å². The van der Waals surface area contributed by atoms with Crippen LogP contribution in [0.25, 0.3) is 0 Å². The topological polar surface area (TPSA) is 95.5 Å². The molecule has 136 valence electrons. The highest BCUT2D eigenvalue weighted by Crippen LogP contribution is 2.19. The lowest BCUT2D eigenvalue weighted by atomic mass is 9.94. The molecule has 2 aromatic carbocycles. The summed E-state index contributed by atoms with van der Waals surface area (Å²) in [4.78, 5) is 35.7. The molecule has 6 nitrogen and oxygen atoms in total. The van der Waals surface area contributed by atoms with Crippen LogP contribution in [0, 0.1) is 12.3 Å². The maximum Gasteiger partial charge on any atom is 0.310 e. The Hall–Kier alpha value is -3.15. The number of rotatable bonds is 6. The average Bonchev–Trinajstić information content (AvgIpc) is 2.62. The third-order valence-electron chi connectivity index (χ3n) is 4.05. The number of amides is 2. The Labute approximate surface area is 152 Å². The van der Waals surface area contributed by atoms with Gasteiger partial charge in [-0.1, -0.05) is 24.3 Å². The van der Waals surface area contributed by atoms with Crippen molar-refractivity contribution in [3.8, 4) is 0 Å². The fourth-order valence-electron chi connectivity index (χ4n) is 2.16. The van der Waals surface area contributed by atoms with Crippen molar-refractivity contribution in [1.29, 1.82) is 0 Å². The van der Waals surface area contributed by atoms with Gasteiger partial charge in [-0.2, -0.15) is 0 Å². The lowest BCUT2D eigenvalue weighted by molar-refractivity contribution is -0.146. The van der Waals surface area contributed by atoms with Gasteiger partial charge in [-0.05, 0) is 50.6 Å². The van der Waals surface area contributed by atoms with Gasteiger partial charge in [-0.3, -0.25) is 14.4 Å². The molecule has 0 saturated carbocycles. The summed E-state index contributed by atoms with van der Waals surface area (Å²) in [6.45, 7) is 4.91. The predicted molar refractivity (Wildman–Crippen MR) is 99.3 cm³/mol. The van der Waals surface area contributed by atoms with E-state index in [2.05, 4.69) is 10.6 Å². The summed E-state index contributed by atoms with van der Waals surface area (Å²) in [6.07, 6.45) is 0. The summed E-state index contributed by atoms with van der Waals surface area (Å²) in [5.74, 6) is -1.65. The van der Waals surface area contributed by atoms with Gasteiger partial charge >= 0.3 is 5.97 Å². The van der Waals surface area contributed by atoms with Crippen LogP contribution in [-0.4, -0.2) is 29.4 Å². The lowest BCUT2D eigenvalue weighted by Crippen LogP contribution is -2.38. The predicted octanol–water partition coefficient (Wildman–Crippen LogP) is 3.09. The number of aryl methyl sites for hydroxylation is 1. The van der Waals surface area contributed by atoms with Gasteiger partial charge in [0.15, 0.2) is 0 Å². The number of nitrogens with one attached hydrogen (secondary N) is 2. The van der Waals surface area contributed by atoms with E-state index >= 15 is 0 Å². The Kier molecular flexibility index (Phi) is 5.77. The minimum Gasteiger partial charge on any atom is -0.481 e. The fourth-order valence-corrected chi connectivity index (χ4v) is 2.16. The van der Waals surface area contributed by atoms with Crippen LogP contribution in [0.2, 0.25) is 0 Å².